The summed E-state index contributed by atoms with van der Waals surface area (Å²) in [6.45, 7) is 8.83. The Morgan fingerprint density at radius 2 is 1.94 bits per heavy atom. The van der Waals surface area contributed by atoms with Gasteiger partial charge in [-0.2, -0.15) is 5.10 Å². The Bertz CT molecular complexity index is 476. The van der Waals surface area contributed by atoms with Gasteiger partial charge in [0.2, 0.25) is 0 Å². The van der Waals surface area contributed by atoms with E-state index >= 15 is 0 Å². The predicted octanol–water partition coefficient (Wildman–Crippen LogP) is 3.48. The van der Waals surface area contributed by atoms with Gasteiger partial charge in [0, 0.05) is 12.4 Å². The van der Waals surface area contributed by atoms with Crippen LogP contribution < -0.4 is 0 Å². The van der Waals surface area contributed by atoms with Crippen LogP contribution in [0.3, 0.4) is 0 Å². The van der Waals surface area contributed by atoms with Gasteiger partial charge in [-0.25, -0.2) is 4.68 Å². The average Bonchev–Trinajstić information content (AvgIpc) is 2.69. The molecule has 0 unspecified atom stereocenters. The number of aromatic nitrogens is 2. The Kier molecular flexibility index (Phi) is 2.58. The van der Waals surface area contributed by atoms with Gasteiger partial charge in [0.15, 0.2) is 0 Å². The SMILES string of the molecule is Cc1cc(C(C)(C)C)ccc1-n1cccn1. The van der Waals surface area contributed by atoms with Gasteiger partial charge in [0.25, 0.3) is 0 Å². The standard InChI is InChI=1S/C14H18N2/c1-11-10-12(14(2,3)4)6-7-13(11)16-9-5-8-15-16/h5-10H,1-4H3. The second-order valence-electron chi connectivity index (χ2n) is 5.20. The third-order valence-electron chi connectivity index (χ3n) is 2.81. The summed E-state index contributed by atoms with van der Waals surface area (Å²) in [5.41, 5.74) is 3.97. The number of hydrogen-bond acceptors (Lipinski definition) is 1. The van der Waals surface area contributed by atoms with E-state index in [-0.39, 0.29) is 5.41 Å². The van der Waals surface area contributed by atoms with Crippen molar-refractivity contribution in [3.63, 3.8) is 0 Å². The second kappa shape index (κ2) is 3.78. The molecule has 0 fully saturated rings. The van der Waals surface area contributed by atoms with Crippen LogP contribution in [0.5, 0.6) is 0 Å². The van der Waals surface area contributed by atoms with E-state index < -0.39 is 0 Å². The van der Waals surface area contributed by atoms with Crippen molar-refractivity contribution in [2.75, 3.05) is 0 Å². The molecular formula is C14H18N2. The quantitative estimate of drug-likeness (QED) is 0.710. The maximum atomic E-state index is 4.26. The Balaban J connectivity index is 2.46. The lowest BCUT2D eigenvalue weighted by atomic mass is 9.86. The van der Waals surface area contributed by atoms with Crippen molar-refractivity contribution >= 4 is 0 Å². The van der Waals surface area contributed by atoms with Crippen LogP contribution in [-0.2, 0) is 5.41 Å². The molecular weight excluding hydrogens is 196 g/mol. The molecule has 84 valence electrons. The number of hydrogen-bond donors (Lipinski definition) is 0. The van der Waals surface area contributed by atoms with Crippen molar-refractivity contribution in [1.29, 1.82) is 0 Å². The first-order valence-corrected chi connectivity index (χ1v) is 5.59. The van der Waals surface area contributed by atoms with Crippen LogP contribution in [0.25, 0.3) is 5.69 Å². The van der Waals surface area contributed by atoms with Crippen LogP contribution in [0.1, 0.15) is 31.9 Å². The summed E-state index contributed by atoms with van der Waals surface area (Å²) in [7, 11) is 0. The van der Waals surface area contributed by atoms with Crippen molar-refractivity contribution in [2.45, 2.75) is 33.1 Å². The largest absolute Gasteiger partial charge is 0.241 e. The lowest BCUT2D eigenvalue weighted by Crippen LogP contribution is -2.11. The Hall–Kier alpha value is -1.57. The minimum Gasteiger partial charge on any atom is -0.241 e. The molecule has 0 saturated carbocycles. The molecule has 2 rings (SSSR count). The van der Waals surface area contributed by atoms with Crippen molar-refractivity contribution in [3.8, 4) is 5.69 Å². The lowest BCUT2D eigenvalue weighted by molar-refractivity contribution is 0.589. The first kappa shape index (κ1) is 10.9. The van der Waals surface area contributed by atoms with Gasteiger partial charge in [-0.3, -0.25) is 0 Å². The molecule has 2 heteroatoms. The van der Waals surface area contributed by atoms with Crippen LogP contribution in [0, 0.1) is 6.92 Å². The van der Waals surface area contributed by atoms with Crippen LogP contribution in [0.4, 0.5) is 0 Å². The number of benzene rings is 1. The molecule has 2 aromatic rings. The summed E-state index contributed by atoms with van der Waals surface area (Å²) in [4.78, 5) is 0. The van der Waals surface area contributed by atoms with E-state index in [4.69, 9.17) is 0 Å². The first-order chi connectivity index (χ1) is 7.48. The van der Waals surface area contributed by atoms with E-state index in [0.717, 1.165) is 5.69 Å². The third-order valence-corrected chi connectivity index (χ3v) is 2.81. The number of aryl methyl sites for hydroxylation is 1. The van der Waals surface area contributed by atoms with Crippen molar-refractivity contribution in [1.82, 2.24) is 9.78 Å². The summed E-state index contributed by atoms with van der Waals surface area (Å²) >= 11 is 0. The molecule has 2 nitrogen and oxygen atoms in total. The molecule has 0 radical (unpaired) electrons. The van der Waals surface area contributed by atoms with Gasteiger partial charge in [-0.15, -0.1) is 0 Å². The van der Waals surface area contributed by atoms with E-state index in [9.17, 15) is 0 Å². The van der Waals surface area contributed by atoms with Gasteiger partial charge in [-0.1, -0.05) is 32.9 Å². The zero-order chi connectivity index (χ0) is 11.8. The fraction of sp³-hybridized carbons (Fsp3) is 0.357. The van der Waals surface area contributed by atoms with Crippen LogP contribution >= 0.6 is 0 Å². The highest BCUT2D eigenvalue weighted by molar-refractivity contribution is 5.43. The van der Waals surface area contributed by atoms with Gasteiger partial charge in [0.1, 0.15) is 0 Å². The molecule has 0 N–H and O–H groups in total. The van der Waals surface area contributed by atoms with Crippen LogP contribution in [0.2, 0.25) is 0 Å². The monoisotopic (exact) mass is 214 g/mol. The van der Waals surface area contributed by atoms with E-state index in [1.54, 1.807) is 6.20 Å². The highest BCUT2D eigenvalue weighted by Crippen LogP contribution is 2.25. The molecule has 0 aliphatic carbocycles. The minimum absolute atomic E-state index is 0.202. The summed E-state index contributed by atoms with van der Waals surface area (Å²) in [6, 6.07) is 8.51. The van der Waals surface area contributed by atoms with E-state index in [1.165, 1.54) is 11.1 Å². The summed E-state index contributed by atoms with van der Waals surface area (Å²) in [6.07, 6.45) is 3.77. The molecule has 1 heterocycles. The zero-order valence-electron chi connectivity index (χ0n) is 10.4. The fourth-order valence-corrected chi connectivity index (χ4v) is 1.79. The number of rotatable bonds is 1. The Morgan fingerprint density at radius 1 is 1.19 bits per heavy atom. The molecule has 0 saturated heterocycles. The van der Waals surface area contributed by atoms with Crippen molar-refractivity contribution < 1.29 is 0 Å². The molecule has 0 aliphatic rings. The van der Waals surface area contributed by atoms with Gasteiger partial charge in [-0.05, 0) is 35.6 Å². The Morgan fingerprint density at radius 3 is 2.44 bits per heavy atom. The van der Waals surface area contributed by atoms with E-state index in [2.05, 4.69) is 51.0 Å². The van der Waals surface area contributed by atoms with Gasteiger partial charge >= 0.3 is 0 Å². The van der Waals surface area contributed by atoms with Crippen molar-refractivity contribution in [2.24, 2.45) is 0 Å². The average molecular weight is 214 g/mol. The topological polar surface area (TPSA) is 17.8 Å². The fourth-order valence-electron chi connectivity index (χ4n) is 1.79. The first-order valence-electron chi connectivity index (χ1n) is 5.59. The van der Waals surface area contributed by atoms with Crippen molar-refractivity contribution in [3.05, 3.63) is 47.8 Å². The van der Waals surface area contributed by atoms with E-state index in [0.29, 0.717) is 0 Å². The summed E-state index contributed by atoms with van der Waals surface area (Å²) < 4.78 is 1.90. The summed E-state index contributed by atoms with van der Waals surface area (Å²) in [5.74, 6) is 0. The molecule has 0 spiro atoms. The molecule has 0 bridgehead atoms. The molecule has 1 aromatic carbocycles. The second-order valence-corrected chi connectivity index (χ2v) is 5.20. The highest BCUT2D eigenvalue weighted by atomic mass is 15.3. The minimum atomic E-state index is 0.202. The molecule has 0 atom stereocenters. The predicted molar refractivity (Wildman–Crippen MR) is 67.0 cm³/mol. The molecule has 0 amide bonds. The molecule has 0 aliphatic heterocycles. The van der Waals surface area contributed by atoms with Crippen LogP contribution in [-0.4, -0.2) is 9.78 Å². The summed E-state index contributed by atoms with van der Waals surface area (Å²) in [5, 5.41) is 4.26. The lowest BCUT2D eigenvalue weighted by Gasteiger charge is -2.20. The van der Waals surface area contributed by atoms with Crippen LogP contribution in [0.15, 0.2) is 36.7 Å². The Labute approximate surface area is 96.9 Å². The maximum absolute atomic E-state index is 4.26. The maximum Gasteiger partial charge on any atom is 0.0674 e. The third kappa shape index (κ3) is 2.01. The molecule has 16 heavy (non-hydrogen) atoms. The van der Waals surface area contributed by atoms with Gasteiger partial charge < -0.3 is 0 Å². The van der Waals surface area contributed by atoms with Gasteiger partial charge in [0.05, 0.1) is 5.69 Å². The normalized spacial score (nSPS) is 11.8. The highest BCUT2D eigenvalue weighted by Gasteiger charge is 2.14. The zero-order valence-corrected chi connectivity index (χ0v) is 10.4. The number of nitrogens with zero attached hydrogens (tertiary/aromatic N) is 2. The smallest absolute Gasteiger partial charge is 0.0674 e. The van der Waals surface area contributed by atoms with E-state index in [1.807, 2.05) is 16.9 Å². The molecule has 1 aromatic heterocycles.